The third-order valence-corrected chi connectivity index (χ3v) is 3.69. The van der Waals surface area contributed by atoms with Gasteiger partial charge in [-0.25, -0.2) is 0 Å². The van der Waals surface area contributed by atoms with Crippen LogP contribution in [0.25, 0.3) is 0 Å². The second-order valence-electron chi connectivity index (χ2n) is 6.45. The maximum Gasteiger partial charge on any atom is 0.316 e. The van der Waals surface area contributed by atoms with Gasteiger partial charge in [-0.15, -0.1) is 0 Å². The van der Waals surface area contributed by atoms with Crippen molar-refractivity contribution in [2.24, 2.45) is 11.3 Å². The summed E-state index contributed by atoms with van der Waals surface area (Å²) in [6, 6.07) is 0. The summed E-state index contributed by atoms with van der Waals surface area (Å²) in [5.41, 5.74) is -0.565. The molecule has 5 nitrogen and oxygen atoms in total. The fourth-order valence-corrected chi connectivity index (χ4v) is 2.47. The molecule has 0 spiro atoms. The van der Waals surface area contributed by atoms with Gasteiger partial charge in [-0.3, -0.25) is 9.59 Å². The summed E-state index contributed by atoms with van der Waals surface area (Å²) >= 11 is 0. The number of hydrogen-bond donors (Lipinski definition) is 1. The molecular weight excluding hydrogens is 244 g/mol. The molecule has 0 bridgehead atoms. The number of likely N-dealkylation sites (N-methyl/N-ethyl adjacent to an activating group) is 1. The van der Waals surface area contributed by atoms with Crippen LogP contribution < -0.4 is 0 Å². The van der Waals surface area contributed by atoms with Gasteiger partial charge < -0.3 is 14.9 Å². The third-order valence-electron chi connectivity index (χ3n) is 3.69. The summed E-state index contributed by atoms with van der Waals surface area (Å²) in [5.74, 6) is -2.30. The minimum absolute atomic E-state index is 0.292. The summed E-state index contributed by atoms with van der Waals surface area (Å²) < 4.78 is 0. The largest absolute Gasteiger partial charge is 0.481 e. The first-order valence-electron chi connectivity index (χ1n) is 6.93. The number of hydrogen-bond acceptors (Lipinski definition) is 3. The van der Waals surface area contributed by atoms with Crippen molar-refractivity contribution >= 4 is 11.9 Å². The van der Waals surface area contributed by atoms with Crippen LogP contribution in [-0.2, 0) is 9.59 Å². The second kappa shape index (κ2) is 6.37. The molecule has 1 unspecified atom stereocenters. The highest BCUT2D eigenvalue weighted by atomic mass is 16.4. The van der Waals surface area contributed by atoms with E-state index in [4.69, 9.17) is 0 Å². The molecule has 0 saturated carbocycles. The third kappa shape index (κ3) is 4.49. The number of amides is 1. The van der Waals surface area contributed by atoms with Crippen LogP contribution in [0.1, 0.15) is 33.6 Å². The molecule has 1 saturated heterocycles. The molecule has 1 aliphatic heterocycles. The van der Waals surface area contributed by atoms with E-state index in [1.807, 2.05) is 0 Å². The predicted molar refractivity (Wildman–Crippen MR) is 73.9 cm³/mol. The lowest BCUT2D eigenvalue weighted by Gasteiger charge is -2.30. The van der Waals surface area contributed by atoms with Crippen LogP contribution >= 0.6 is 0 Å². The van der Waals surface area contributed by atoms with Crippen molar-refractivity contribution in [2.45, 2.75) is 33.6 Å². The van der Waals surface area contributed by atoms with Gasteiger partial charge in [0.25, 0.3) is 0 Å². The van der Waals surface area contributed by atoms with E-state index in [1.54, 1.807) is 32.7 Å². The lowest BCUT2D eigenvalue weighted by Crippen LogP contribution is -2.45. The van der Waals surface area contributed by atoms with E-state index < -0.39 is 17.3 Å². The summed E-state index contributed by atoms with van der Waals surface area (Å²) in [6.45, 7) is 8.97. The zero-order valence-electron chi connectivity index (χ0n) is 12.5. The summed E-state index contributed by atoms with van der Waals surface area (Å²) in [7, 11) is 1.69. The molecule has 1 heterocycles. The zero-order valence-corrected chi connectivity index (χ0v) is 12.5. The highest BCUT2D eigenvalue weighted by molar-refractivity contribution is 5.97. The van der Waals surface area contributed by atoms with Gasteiger partial charge in [0.05, 0.1) is 0 Å². The Kier molecular flexibility index (Phi) is 5.35. The Morgan fingerprint density at radius 3 is 2.21 bits per heavy atom. The van der Waals surface area contributed by atoms with Gasteiger partial charge in [0.2, 0.25) is 5.91 Å². The maximum absolute atomic E-state index is 12.3. The highest BCUT2D eigenvalue weighted by Gasteiger charge is 2.39. The topological polar surface area (TPSA) is 60.9 Å². The van der Waals surface area contributed by atoms with Crippen molar-refractivity contribution in [3.8, 4) is 0 Å². The Morgan fingerprint density at radius 2 is 1.79 bits per heavy atom. The van der Waals surface area contributed by atoms with E-state index in [9.17, 15) is 14.7 Å². The SMILES string of the molecule is CN(CCN1CCCC1)C(=O)C(C(=O)O)C(C)(C)C. The van der Waals surface area contributed by atoms with Gasteiger partial charge in [-0.2, -0.15) is 0 Å². The first-order valence-corrected chi connectivity index (χ1v) is 6.93. The molecule has 1 rings (SSSR count). The zero-order chi connectivity index (χ0) is 14.6. The average molecular weight is 270 g/mol. The monoisotopic (exact) mass is 270 g/mol. The lowest BCUT2D eigenvalue weighted by atomic mass is 9.80. The van der Waals surface area contributed by atoms with Crippen molar-refractivity contribution in [1.29, 1.82) is 0 Å². The highest BCUT2D eigenvalue weighted by Crippen LogP contribution is 2.27. The first kappa shape index (κ1) is 16.0. The molecular formula is C14H26N2O3. The van der Waals surface area contributed by atoms with Crippen molar-refractivity contribution in [3.63, 3.8) is 0 Å². The molecule has 1 atom stereocenters. The standard InChI is InChI=1S/C14H26N2O3/c1-14(2,3)11(13(18)19)12(17)15(4)9-10-16-7-5-6-8-16/h11H,5-10H2,1-4H3,(H,18,19). The first-order chi connectivity index (χ1) is 8.73. The fraction of sp³-hybridized carbons (Fsp3) is 0.857. The van der Waals surface area contributed by atoms with Crippen LogP contribution in [0.5, 0.6) is 0 Å². The molecule has 110 valence electrons. The van der Waals surface area contributed by atoms with Crippen LogP contribution in [0.15, 0.2) is 0 Å². The van der Waals surface area contributed by atoms with Gasteiger partial charge in [0.1, 0.15) is 5.92 Å². The minimum atomic E-state index is -1.04. The number of aliphatic carboxylic acids is 1. The van der Waals surface area contributed by atoms with Crippen LogP contribution in [0, 0.1) is 11.3 Å². The molecule has 19 heavy (non-hydrogen) atoms. The van der Waals surface area contributed by atoms with E-state index in [2.05, 4.69) is 4.90 Å². The van der Waals surface area contributed by atoms with Gasteiger partial charge in [-0.1, -0.05) is 20.8 Å². The molecule has 0 aliphatic carbocycles. The van der Waals surface area contributed by atoms with E-state index >= 15 is 0 Å². The van der Waals surface area contributed by atoms with Gasteiger partial charge in [0.15, 0.2) is 0 Å². The van der Waals surface area contributed by atoms with Gasteiger partial charge >= 0.3 is 5.97 Å². The van der Waals surface area contributed by atoms with E-state index in [1.165, 1.54) is 12.8 Å². The molecule has 0 aromatic heterocycles. The second-order valence-corrected chi connectivity index (χ2v) is 6.45. The minimum Gasteiger partial charge on any atom is -0.481 e. The van der Waals surface area contributed by atoms with E-state index in [0.717, 1.165) is 19.6 Å². The number of carbonyl (C=O) groups excluding carboxylic acids is 1. The van der Waals surface area contributed by atoms with Crippen molar-refractivity contribution in [3.05, 3.63) is 0 Å². The molecule has 0 radical (unpaired) electrons. The molecule has 5 heteroatoms. The molecule has 0 aromatic rings. The Labute approximate surface area is 115 Å². The number of rotatable bonds is 5. The van der Waals surface area contributed by atoms with Crippen LogP contribution in [-0.4, -0.2) is 60.0 Å². The fourth-order valence-electron chi connectivity index (χ4n) is 2.47. The predicted octanol–water partition coefficient (Wildman–Crippen LogP) is 1.29. The number of carboxylic acids is 1. The van der Waals surface area contributed by atoms with Crippen LogP contribution in [0.3, 0.4) is 0 Å². The Balaban J connectivity index is 2.55. The smallest absolute Gasteiger partial charge is 0.316 e. The summed E-state index contributed by atoms with van der Waals surface area (Å²) in [4.78, 5) is 27.4. The van der Waals surface area contributed by atoms with Crippen LogP contribution in [0.2, 0.25) is 0 Å². The molecule has 1 aliphatic rings. The number of likely N-dealkylation sites (tertiary alicyclic amines) is 1. The number of carboxylic acid groups (broad SMARTS) is 1. The van der Waals surface area contributed by atoms with Gasteiger partial charge in [0, 0.05) is 20.1 Å². The molecule has 1 amide bonds. The molecule has 0 aromatic carbocycles. The Morgan fingerprint density at radius 1 is 1.26 bits per heavy atom. The van der Waals surface area contributed by atoms with E-state index in [-0.39, 0.29) is 5.91 Å². The maximum atomic E-state index is 12.3. The summed E-state index contributed by atoms with van der Waals surface area (Å²) in [6.07, 6.45) is 2.44. The molecule has 1 N–H and O–H groups in total. The number of nitrogens with zero attached hydrogens (tertiary/aromatic N) is 2. The lowest BCUT2D eigenvalue weighted by molar-refractivity contribution is -0.155. The molecule has 1 fully saturated rings. The number of carbonyl (C=O) groups is 2. The Bertz CT molecular complexity index is 330. The normalized spacial score (nSPS) is 18.3. The van der Waals surface area contributed by atoms with E-state index in [0.29, 0.717) is 6.54 Å². The van der Waals surface area contributed by atoms with Gasteiger partial charge in [-0.05, 0) is 31.3 Å². The van der Waals surface area contributed by atoms with Crippen molar-refractivity contribution in [1.82, 2.24) is 9.80 Å². The average Bonchev–Trinajstić information content (AvgIpc) is 2.75. The Hall–Kier alpha value is -1.10. The van der Waals surface area contributed by atoms with Crippen molar-refractivity contribution in [2.75, 3.05) is 33.2 Å². The quantitative estimate of drug-likeness (QED) is 0.765. The summed E-state index contributed by atoms with van der Waals surface area (Å²) in [5, 5.41) is 9.25. The van der Waals surface area contributed by atoms with Crippen molar-refractivity contribution < 1.29 is 14.7 Å². The van der Waals surface area contributed by atoms with Crippen LogP contribution in [0.4, 0.5) is 0 Å².